The van der Waals surface area contributed by atoms with E-state index in [4.69, 9.17) is 23.2 Å². The predicted octanol–water partition coefficient (Wildman–Crippen LogP) is 2.23. The molecule has 0 spiro atoms. The maximum absolute atomic E-state index is 12.0. The lowest BCUT2D eigenvalue weighted by molar-refractivity contribution is -0.118. The van der Waals surface area contributed by atoms with Crippen molar-refractivity contribution >= 4 is 34.8 Å². The Morgan fingerprint density at radius 3 is 2.79 bits per heavy atom. The van der Waals surface area contributed by atoms with Crippen molar-refractivity contribution in [1.29, 1.82) is 0 Å². The average Bonchev–Trinajstić information content (AvgIpc) is 2.30. The summed E-state index contributed by atoms with van der Waals surface area (Å²) in [5.41, 5.74) is 0.557. The van der Waals surface area contributed by atoms with Crippen molar-refractivity contribution in [3.05, 3.63) is 28.2 Å². The van der Waals surface area contributed by atoms with Crippen LogP contribution >= 0.6 is 23.2 Å². The molecule has 0 atom stereocenters. The molecule has 0 bridgehead atoms. The van der Waals surface area contributed by atoms with E-state index in [1.165, 1.54) is 0 Å². The molecule has 4 nitrogen and oxygen atoms in total. The van der Waals surface area contributed by atoms with Crippen LogP contribution in [0.25, 0.3) is 0 Å². The summed E-state index contributed by atoms with van der Waals surface area (Å²) >= 11 is 11.9. The standard InChI is InChI=1S/C13H17Cl2N3O/c1-2-18(10-6-16-7-10)8-13(19)17-12-5-9(14)3-4-11(12)15/h3-5,10,16H,2,6-8H2,1H3,(H,17,19). The molecule has 1 aliphatic rings. The Morgan fingerprint density at radius 1 is 1.47 bits per heavy atom. The van der Waals surface area contributed by atoms with Crippen molar-refractivity contribution in [2.45, 2.75) is 13.0 Å². The summed E-state index contributed by atoms with van der Waals surface area (Å²) in [6, 6.07) is 5.47. The number of hydrogen-bond donors (Lipinski definition) is 2. The summed E-state index contributed by atoms with van der Waals surface area (Å²) in [5, 5.41) is 7.05. The zero-order valence-corrected chi connectivity index (χ0v) is 12.3. The van der Waals surface area contributed by atoms with E-state index in [1.54, 1.807) is 18.2 Å². The molecule has 1 aromatic rings. The molecule has 1 aromatic carbocycles. The van der Waals surface area contributed by atoms with Gasteiger partial charge >= 0.3 is 0 Å². The molecule has 104 valence electrons. The van der Waals surface area contributed by atoms with Crippen molar-refractivity contribution in [1.82, 2.24) is 10.2 Å². The fourth-order valence-electron chi connectivity index (χ4n) is 2.00. The highest BCUT2D eigenvalue weighted by atomic mass is 35.5. The van der Waals surface area contributed by atoms with Crippen LogP contribution in [0.15, 0.2) is 18.2 Å². The summed E-state index contributed by atoms with van der Waals surface area (Å²) in [5.74, 6) is -0.0714. The molecule has 19 heavy (non-hydrogen) atoms. The molecule has 6 heteroatoms. The van der Waals surface area contributed by atoms with Gasteiger partial charge < -0.3 is 10.6 Å². The first-order valence-electron chi connectivity index (χ1n) is 6.30. The number of likely N-dealkylation sites (N-methyl/N-ethyl adjacent to an activating group) is 1. The zero-order chi connectivity index (χ0) is 13.8. The Morgan fingerprint density at radius 2 is 2.21 bits per heavy atom. The first kappa shape index (κ1) is 14.6. The van der Waals surface area contributed by atoms with Crippen LogP contribution in [0, 0.1) is 0 Å². The van der Waals surface area contributed by atoms with Gasteiger partial charge in [0.25, 0.3) is 0 Å². The normalized spacial score (nSPS) is 15.4. The number of anilines is 1. The molecular formula is C13H17Cl2N3O. The largest absolute Gasteiger partial charge is 0.324 e. The topological polar surface area (TPSA) is 44.4 Å². The monoisotopic (exact) mass is 301 g/mol. The molecule has 0 saturated carbocycles. The number of halogens is 2. The van der Waals surface area contributed by atoms with E-state index in [0.717, 1.165) is 19.6 Å². The number of nitrogens with one attached hydrogen (secondary N) is 2. The van der Waals surface area contributed by atoms with E-state index in [1.807, 2.05) is 0 Å². The molecule has 1 heterocycles. The lowest BCUT2D eigenvalue weighted by Crippen LogP contribution is -2.58. The lowest BCUT2D eigenvalue weighted by atomic mass is 10.1. The third-order valence-electron chi connectivity index (χ3n) is 3.23. The number of rotatable bonds is 5. The van der Waals surface area contributed by atoms with E-state index in [2.05, 4.69) is 22.5 Å². The van der Waals surface area contributed by atoms with Gasteiger partial charge in [-0.15, -0.1) is 0 Å². The second-order valence-corrected chi connectivity index (χ2v) is 5.39. The van der Waals surface area contributed by atoms with Gasteiger partial charge in [-0.3, -0.25) is 9.69 Å². The Bertz CT molecular complexity index is 463. The fourth-order valence-corrected chi connectivity index (χ4v) is 2.34. The first-order chi connectivity index (χ1) is 9.10. The van der Waals surface area contributed by atoms with E-state index >= 15 is 0 Å². The number of nitrogens with zero attached hydrogens (tertiary/aromatic N) is 1. The zero-order valence-electron chi connectivity index (χ0n) is 10.7. The van der Waals surface area contributed by atoms with Crippen molar-refractivity contribution in [3.8, 4) is 0 Å². The smallest absolute Gasteiger partial charge is 0.238 e. The van der Waals surface area contributed by atoms with Crippen molar-refractivity contribution < 1.29 is 4.79 Å². The molecule has 1 saturated heterocycles. The van der Waals surface area contributed by atoms with Crippen molar-refractivity contribution in [3.63, 3.8) is 0 Å². The van der Waals surface area contributed by atoms with Gasteiger partial charge in [-0.25, -0.2) is 0 Å². The Hall–Kier alpha value is -0.810. The number of benzene rings is 1. The Kier molecular flexibility index (Phi) is 5.05. The van der Waals surface area contributed by atoms with E-state index < -0.39 is 0 Å². The van der Waals surface area contributed by atoms with Gasteiger partial charge in [0, 0.05) is 24.2 Å². The van der Waals surface area contributed by atoms with Gasteiger partial charge in [0.05, 0.1) is 17.3 Å². The lowest BCUT2D eigenvalue weighted by Gasteiger charge is -2.37. The van der Waals surface area contributed by atoms with E-state index in [0.29, 0.717) is 28.3 Å². The highest BCUT2D eigenvalue weighted by molar-refractivity contribution is 6.35. The molecule has 2 rings (SSSR count). The van der Waals surface area contributed by atoms with E-state index in [9.17, 15) is 4.79 Å². The number of amides is 1. The molecule has 1 aliphatic heterocycles. The van der Waals surface area contributed by atoms with Gasteiger partial charge in [-0.2, -0.15) is 0 Å². The molecular weight excluding hydrogens is 285 g/mol. The van der Waals surface area contributed by atoms with Crippen LogP contribution in [0.2, 0.25) is 10.0 Å². The highest BCUT2D eigenvalue weighted by Gasteiger charge is 2.24. The van der Waals surface area contributed by atoms with Crippen LogP contribution in [-0.4, -0.2) is 43.0 Å². The van der Waals surface area contributed by atoms with Gasteiger partial charge in [0.1, 0.15) is 0 Å². The van der Waals surface area contributed by atoms with Crippen LogP contribution in [0.3, 0.4) is 0 Å². The van der Waals surface area contributed by atoms with Crippen LogP contribution < -0.4 is 10.6 Å². The average molecular weight is 302 g/mol. The van der Waals surface area contributed by atoms with Gasteiger partial charge in [-0.1, -0.05) is 30.1 Å². The summed E-state index contributed by atoms with van der Waals surface area (Å²) in [6.45, 7) is 5.16. The second-order valence-electron chi connectivity index (χ2n) is 4.55. The van der Waals surface area contributed by atoms with Crippen LogP contribution in [0.4, 0.5) is 5.69 Å². The molecule has 0 radical (unpaired) electrons. The second kappa shape index (κ2) is 6.57. The summed E-state index contributed by atoms with van der Waals surface area (Å²) in [4.78, 5) is 14.2. The molecule has 2 N–H and O–H groups in total. The minimum atomic E-state index is -0.0714. The third-order valence-corrected chi connectivity index (χ3v) is 3.80. The maximum atomic E-state index is 12.0. The highest BCUT2D eigenvalue weighted by Crippen LogP contribution is 2.25. The van der Waals surface area contributed by atoms with E-state index in [-0.39, 0.29) is 5.91 Å². The number of carbonyl (C=O) groups is 1. The Labute approximate surface area is 123 Å². The molecule has 0 aromatic heterocycles. The third kappa shape index (κ3) is 3.83. The fraction of sp³-hybridized carbons (Fsp3) is 0.462. The van der Waals surface area contributed by atoms with Crippen molar-refractivity contribution in [2.24, 2.45) is 0 Å². The molecule has 0 aliphatic carbocycles. The molecule has 1 amide bonds. The summed E-state index contributed by atoms with van der Waals surface area (Å²) in [6.07, 6.45) is 0. The first-order valence-corrected chi connectivity index (χ1v) is 7.05. The summed E-state index contributed by atoms with van der Waals surface area (Å²) in [7, 11) is 0. The van der Waals surface area contributed by atoms with Crippen molar-refractivity contribution in [2.75, 3.05) is 31.5 Å². The minimum absolute atomic E-state index is 0.0714. The number of hydrogen-bond acceptors (Lipinski definition) is 3. The molecule has 1 fully saturated rings. The quantitative estimate of drug-likeness (QED) is 0.876. The minimum Gasteiger partial charge on any atom is -0.324 e. The predicted molar refractivity (Wildman–Crippen MR) is 79.0 cm³/mol. The maximum Gasteiger partial charge on any atom is 0.238 e. The van der Waals surface area contributed by atoms with Gasteiger partial charge in [0.2, 0.25) is 5.91 Å². The van der Waals surface area contributed by atoms with Crippen LogP contribution in [0.5, 0.6) is 0 Å². The van der Waals surface area contributed by atoms with Crippen LogP contribution in [0.1, 0.15) is 6.92 Å². The number of carbonyl (C=O) groups excluding carboxylic acids is 1. The van der Waals surface area contributed by atoms with Crippen LogP contribution in [-0.2, 0) is 4.79 Å². The van der Waals surface area contributed by atoms with Gasteiger partial charge in [-0.05, 0) is 24.7 Å². The van der Waals surface area contributed by atoms with Gasteiger partial charge in [0.15, 0.2) is 0 Å². The molecule has 0 unspecified atom stereocenters. The summed E-state index contributed by atoms with van der Waals surface area (Å²) < 4.78 is 0. The SMILES string of the molecule is CCN(CC(=O)Nc1cc(Cl)ccc1Cl)C1CNC1. The Balaban J connectivity index is 1.94.